The molecule has 0 aliphatic carbocycles. The number of benzene rings is 3. The van der Waals surface area contributed by atoms with Crippen LogP contribution in [0.4, 0.5) is 17.1 Å². The van der Waals surface area contributed by atoms with E-state index in [2.05, 4.69) is 16.0 Å². The quantitative estimate of drug-likeness (QED) is 0.505. The third kappa shape index (κ3) is 6.14. The van der Waals surface area contributed by atoms with Crippen molar-refractivity contribution in [2.24, 2.45) is 0 Å². The number of carbonyl (C=O) groups excluding carboxylic acids is 3. The lowest BCUT2D eigenvalue weighted by molar-refractivity contribution is -0.114. The van der Waals surface area contributed by atoms with E-state index >= 15 is 0 Å². The van der Waals surface area contributed by atoms with Gasteiger partial charge in [-0.15, -0.1) is 0 Å². The van der Waals surface area contributed by atoms with Crippen LogP contribution in [0.1, 0.15) is 28.4 Å². The Morgan fingerprint density at radius 1 is 0.742 bits per heavy atom. The van der Waals surface area contributed by atoms with Crippen molar-refractivity contribution in [2.45, 2.75) is 13.8 Å². The first kappa shape index (κ1) is 21.5. The van der Waals surface area contributed by atoms with Crippen molar-refractivity contribution >= 4 is 40.9 Å². The molecule has 31 heavy (non-hydrogen) atoms. The van der Waals surface area contributed by atoms with Gasteiger partial charge in [0, 0.05) is 35.6 Å². The number of carbonyl (C=O) groups is 3. The average molecular weight is 413 g/mol. The fourth-order valence-electron chi connectivity index (χ4n) is 2.92. The van der Waals surface area contributed by atoms with Gasteiger partial charge in [0.2, 0.25) is 11.8 Å². The molecule has 0 saturated heterocycles. The van der Waals surface area contributed by atoms with Crippen molar-refractivity contribution < 1.29 is 14.4 Å². The van der Waals surface area contributed by atoms with Crippen LogP contribution in [-0.2, 0) is 9.59 Å². The highest BCUT2D eigenvalue weighted by Crippen LogP contribution is 2.24. The molecule has 6 heteroatoms. The predicted molar refractivity (Wildman–Crippen MR) is 124 cm³/mol. The van der Waals surface area contributed by atoms with Gasteiger partial charge >= 0.3 is 0 Å². The minimum atomic E-state index is -0.291. The highest BCUT2D eigenvalue weighted by atomic mass is 16.2. The van der Waals surface area contributed by atoms with Gasteiger partial charge in [-0.3, -0.25) is 14.4 Å². The van der Waals surface area contributed by atoms with Gasteiger partial charge in [0.25, 0.3) is 5.91 Å². The molecule has 0 fully saturated rings. The summed E-state index contributed by atoms with van der Waals surface area (Å²) in [5.74, 6) is -0.643. The van der Waals surface area contributed by atoms with E-state index in [1.165, 1.54) is 13.0 Å². The molecule has 3 aromatic carbocycles. The predicted octanol–water partition coefficient (Wildman–Crippen LogP) is 4.86. The van der Waals surface area contributed by atoms with Crippen molar-refractivity contribution in [1.82, 2.24) is 0 Å². The molecule has 0 aliphatic heterocycles. The Hall–Kier alpha value is -4.19. The summed E-state index contributed by atoms with van der Waals surface area (Å²) in [5, 5.41) is 8.41. The minimum Gasteiger partial charge on any atom is -0.326 e. The molecule has 3 N–H and O–H groups in total. The number of hydrogen-bond donors (Lipinski definition) is 3. The summed E-state index contributed by atoms with van der Waals surface area (Å²) in [7, 11) is 0. The molecule has 3 aromatic rings. The second-order valence-electron chi connectivity index (χ2n) is 6.92. The molecular weight excluding hydrogens is 390 g/mol. The van der Waals surface area contributed by atoms with Gasteiger partial charge in [-0.1, -0.05) is 36.4 Å². The van der Waals surface area contributed by atoms with E-state index in [1.54, 1.807) is 72.8 Å². The minimum absolute atomic E-state index is 0.139. The molecule has 0 heterocycles. The lowest BCUT2D eigenvalue weighted by Gasteiger charge is -2.13. The van der Waals surface area contributed by atoms with E-state index in [-0.39, 0.29) is 17.7 Å². The maximum Gasteiger partial charge on any atom is 0.255 e. The summed E-state index contributed by atoms with van der Waals surface area (Å²) in [6, 6.07) is 21.4. The molecule has 0 spiro atoms. The van der Waals surface area contributed by atoms with Crippen LogP contribution in [0.25, 0.3) is 6.08 Å². The summed E-state index contributed by atoms with van der Waals surface area (Å²) >= 11 is 0. The first-order valence-corrected chi connectivity index (χ1v) is 9.75. The Labute approximate surface area is 181 Å². The van der Waals surface area contributed by atoms with Crippen LogP contribution in [0.5, 0.6) is 0 Å². The van der Waals surface area contributed by atoms with E-state index < -0.39 is 0 Å². The van der Waals surface area contributed by atoms with Crippen molar-refractivity contribution in [2.75, 3.05) is 16.0 Å². The van der Waals surface area contributed by atoms with Crippen LogP contribution >= 0.6 is 0 Å². The maximum absolute atomic E-state index is 12.4. The normalized spacial score (nSPS) is 10.5. The highest BCUT2D eigenvalue weighted by molar-refractivity contribution is 6.06. The van der Waals surface area contributed by atoms with E-state index in [4.69, 9.17) is 0 Å². The van der Waals surface area contributed by atoms with E-state index in [0.717, 1.165) is 11.1 Å². The molecule has 0 atom stereocenters. The number of nitrogens with one attached hydrogen (secondary N) is 3. The summed E-state index contributed by atoms with van der Waals surface area (Å²) in [4.78, 5) is 35.8. The number of rotatable bonds is 6. The smallest absolute Gasteiger partial charge is 0.255 e. The van der Waals surface area contributed by atoms with Gasteiger partial charge in [-0.25, -0.2) is 0 Å². The van der Waals surface area contributed by atoms with Gasteiger partial charge in [0.15, 0.2) is 0 Å². The second-order valence-corrected chi connectivity index (χ2v) is 6.92. The molecule has 0 radical (unpaired) electrons. The molecule has 3 amide bonds. The summed E-state index contributed by atoms with van der Waals surface area (Å²) < 4.78 is 0. The SMILES string of the molecule is CC(=O)Nc1ccc(/C=C/C(=O)Nc2cccc(NC(=O)c3ccccc3)c2C)cc1. The van der Waals surface area contributed by atoms with Crippen LogP contribution in [0.15, 0.2) is 78.9 Å². The third-order valence-electron chi connectivity index (χ3n) is 4.53. The molecule has 0 aliphatic rings. The molecular formula is C25H23N3O3. The standard InChI is InChI=1S/C25H23N3O3/c1-17-22(9-6-10-23(17)28-25(31)20-7-4-3-5-8-20)27-24(30)16-13-19-11-14-21(15-12-19)26-18(2)29/h3-16H,1-2H3,(H,26,29)(H,27,30)(H,28,31)/b16-13+. The first-order valence-electron chi connectivity index (χ1n) is 9.75. The maximum atomic E-state index is 12.4. The van der Waals surface area contributed by atoms with Crippen LogP contribution in [-0.4, -0.2) is 17.7 Å². The Balaban J connectivity index is 1.65. The van der Waals surface area contributed by atoms with Crippen LogP contribution < -0.4 is 16.0 Å². The largest absolute Gasteiger partial charge is 0.326 e. The Morgan fingerprint density at radius 3 is 2.03 bits per heavy atom. The Morgan fingerprint density at radius 2 is 1.39 bits per heavy atom. The number of hydrogen-bond acceptors (Lipinski definition) is 3. The van der Waals surface area contributed by atoms with Crippen molar-refractivity contribution in [3.8, 4) is 0 Å². The monoisotopic (exact) mass is 413 g/mol. The van der Waals surface area contributed by atoms with Gasteiger partial charge in [-0.2, -0.15) is 0 Å². The van der Waals surface area contributed by atoms with Crippen LogP contribution in [0.2, 0.25) is 0 Å². The van der Waals surface area contributed by atoms with E-state index in [0.29, 0.717) is 22.6 Å². The van der Waals surface area contributed by atoms with Crippen molar-refractivity contribution in [3.63, 3.8) is 0 Å². The molecule has 6 nitrogen and oxygen atoms in total. The first-order chi connectivity index (χ1) is 14.9. The summed E-state index contributed by atoms with van der Waals surface area (Å²) in [5.41, 5.74) is 4.08. The lowest BCUT2D eigenvalue weighted by Crippen LogP contribution is -2.14. The zero-order valence-electron chi connectivity index (χ0n) is 17.3. The van der Waals surface area contributed by atoms with Gasteiger partial charge in [0.1, 0.15) is 0 Å². The van der Waals surface area contributed by atoms with Gasteiger partial charge in [0.05, 0.1) is 0 Å². The average Bonchev–Trinajstić information content (AvgIpc) is 2.76. The topological polar surface area (TPSA) is 87.3 Å². The Kier molecular flexibility index (Phi) is 6.96. The summed E-state index contributed by atoms with van der Waals surface area (Å²) in [6.07, 6.45) is 3.12. The third-order valence-corrected chi connectivity index (χ3v) is 4.53. The van der Waals surface area contributed by atoms with Crippen molar-refractivity contribution in [3.05, 3.63) is 95.6 Å². The Bertz CT molecular complexity index is 1120. The zero-order valence-corrected chi connectivity index (χ0v) is 17.3. The molecule has 156 valence electrons. The number of anilines is 3. The molecule has 0 unspecified atom stereocenters. The second kappa shape index (κ2) is 10.0. The van der Waals surface area contributed by atoms with Crippen LogP contribution in [0, 0.1) is 6.92 Å². The molecule has 0 aromatic heterocycles. The lowest BCUT2D eigenvalue weighted by atomic mass is 10.1. The van der Waals surface area contributed by atoms with Crippen molar-refractivity contribution in [1.29, 1.82) is 0 Å². The fraction of sp³-hybridized carbons (Fsp3) is 0.0800. The van der Waals surface area contributed by atoms with E-state index in [9.17, 15) is 14.4 Å². The molecule has 0 saturated carbocycles. The van der Waals surface area contributed by atoms with E-state index in [1.807, 2.05) is 13.0 Å². The van der Waals surface area contributed by atoms with Gasteiger partial charge < -0.3 is 16.0 Å². The highest BCUT2D eigenvalue weighted by Gasteiger charge is 2.10. The summed E-state index contributed by atoms with van der Waals surface area (Å²) in [6.45, 7) is 3.28. The van der Waals surface area contributed by atoms with Gasteiger partial charge in [-0.05, 0) is 60.5 Å². The van der Waals surface area contributed by atoms with Crippen LogP contribution in [0.3, 0.4) is 0 Å². The zero-order chi connectivity index (χ0) is 22.2. The fourth-order valence-corrected chi connectivity index (χ4v) is 2.92. The molecule has 0 bridgehead atoms. The number of amides is 3. The molecule has 3 rings (SSSR count).